The molecule has 1 heterocycles. The zero-order valence-electron chi connectivity index (χ0n) is 7.83. The summed E-state index contributed by atoms with van der Waals surface area (Å²) in [6, 6.07) is 0. The molecule has 1 rings (SSSR count). The summed E-state index contributed by atoms with van der Waals surface area (Å²) >= 11 is 1.73. The standard InChI is InChI=1S/C9H15NOS/c1-4-7(2)9-10-8(5-11-3)6-12-9/h6-7H,4-5H2,1-3H3. The molecule has 68 valence electrons. The Morgan fingerprint density at radius 2 is 2.42 bits per heavy atom. The van der Waals surface area contributed by atoms with Crippen molar-refractivity contribution in [1.82, 2.24) is 4.98 Å². The first-order chi connectivity index (χ1) is 5.77. The third-order valence-electron chi connectivity index (χ3n) is 1.90. The maximum atomic E-state index is 5.00. The monoisotopic (exact) mass is 185 g/mol. The maximum absolute atomic E-state index is 5.00. The Balaban J connectivity index is 2.63. The van der Waals surface area contributed by atoms with Crippen molar-refractivity contribution in [2.45, 2.75) is 32.8 Å². The highest BCUT2D eigenvalue weighted by atomic mass is 32.1. The average Bonchev–Trinajstić information content (AvgIpc) is 2.52. The molecule has 2 nitrogen and oxygen atoms in total. The molecule has 3 heteroatoms. The van der Waals surface area contributed by atoms with Crippen LogP contribution in [0.1, 0.15) is 36.9 Å². The van der Waals surface area contributed by atoms with Crippen molar-refractivity contribution in [3.05, 3.63) is 16.1 Å². The van der Waals surface area contributed by atoms with E-state index in [1.807, 2.05) is 0 Å². The number of methoxy groups -OCH3 is 1. The predicted octanol–water partition coefficient (Wildman–Crippen LogP) is 2.80. The Hall–Kier alpha value is -0.410. The Morgan fingerprint density at radius 1 is 1.67 bits per heavy atom. The quantitative estimate of drug-likeness (QED) is 0.719. The van der Waals surface area contributed by atoms with E-state index in [0.29, 0.717) is 12.5 Å². The lowest BCUT2D eigenvalue weighted by molar-refractivity contribution is 0.182. The molecule has 0 aliphatic heterocycles. The van der Waals surface area contributed by atoms with Gasteiger partial charge in [0.15, 0.2) is 0 Å². The fraction of sp³-hybridized carbons (Fsp3) is 0.667. The van der Waals surface area contributed by atoms with E-state index in [4.69, 9.17) is 4.74 Å². The van der Waals surface area contributed by atoms with Gasteiger partial charge in [-0.1, -0.05) is 13.8 Å². The zero-order chi connectivity index (χ0) is 8.97. The minimum absolute atomic E-state index is 0.584. The molecule has 0 fully saturated rings. The molecule has 1 aromatic heterocycles. The summed E-state index contributed by atoms with van der Waals surface area (Å²) in [6.07, 6.45) is 1.15. The second-order valence-electron chi connectivity index (χ2n) is 2.92. The summed E-state index contributed by atoms with van der Waals surface area (Å²) in [5, 5.41) is 3.30. The largest absolute Gasteiger partial charge is 0.378 e. The van der Waals surface area contributed by atoms with Crippen LogP contribution in [0.3, 0.4) is 0 Å². The Labute approximate surface area is 77.6 Å². The smallest absolute Gasteiger partial charge is 0.0957 e. The molecule has 1 atom stereocenters. The van der Waals surface area contributed by atoms with Crippen LogP contribution in [0.25, 0.3) is 0 Å². The lowest BCUT2D eigenvalue weighted by atomic mass is 10.1. The van der Waals surface area contributed by atoms with Crippen LogP contribution in [0.5, 0.6) is 0 Å². The molecule has 0 saturated heterocycles. The van der Waals surface area contributed by atoms with Gasteiger partial charge in [-0.2, -0.15) is 0 Å². The minimum Gasteiger partial charge on any atom is -0.378 e. The van der Waals surface area contributed by atoms with Crippen molar-refractivity contribution in [1.29, 1.82) is 0 Å². The molecule has 0 spiro atoms. The summed E-state index contributed by atoms with van der Waals surface area (Å²) in [4.78, 5) is 4.46. The first kappa shape index (κ1) is 9.68. The number of nitrogens with zero attached hydrogens (tertiary/aromatic N) is 1. The molecule has 0 aliphatic carbocycles. The van der Waals surface area contributed by atoms with Gasteiger partial charge in [-0.25, -0.2) is 4.98 Å². The number of thiazole rings is 1. The number of ether oxygens (including phenoxy) is 1. The SMILES string of the molecule is CCC(C)c1nc(COC)cs1. The zero-order valence-corrected chi connectivity index (χ0v) is 8.65. The third-order valence-corrected chi connectivity index (χ3v) is 3.02. The van der Waals surface area contributed by atoms with Crippen molar-refractivity contribution in [3.63, 3.8) is 0 Å². The number of aromatic nitrogens is 1. The molecule has 1 unspecified atom stereocenters. The fourth-order valence-electron chi connectivity index (χ4n) is 0.938. The lowest BCUT2D eigenvalue weighted by Crippen LogP contribution is -1.92. The highest BCUT2D eigenvalue weighted by Crippen LogP contribution is 2.22. The molecule has 0 bridgehead atoms. The Bertz CT molecular complexity index is 234. The molecule has 0 radical (unpaired) electrons. The lowest BCUT2D eigenvalue weighted by Gasteiger charge is -2.01. The van der Waals surface area contributed by atoms with Gasteiger partial charge < -0.3 is 4.74 Å². The molecule has 1 aromatic rings. The van der Waals surface area contributed by atoms with Crippen molar-refractivity contribution < 1.29 is 4.74 Å². The summed E-state index contributed by atoms with van der Waals surface area (Å²) in [7, 11) is 1.70. The van der Waals surface area contributed by atoms with Gasteiger partial charge in [0.25, 0.3) is 0 Å². The van der Waals surface area contributed by atoms with Crippen LogP contribution in [0.15, 0.2) is 5.38 Å². The van der Waals surface area contributed by atoms with Crippen LogP contribution in [-0.2, 0) is 11.3 Å². The van der Waals surface area contributed by atoms with E-state index in [0.717, 1.165) is 12.1 Å². The second-order valence-corrected chi connectivity index (χ2v) is 3.81. The van der Waals surface area contributed by atoms with Gasteiger partial charge in [0.05, 0.1) is 17.3 Å². The van der Waals surface area contributed by atoms with Gasteiger partial charge in [0, 0.05) is 18.4 Å². The molecular weight excluding hydrogens is 170 g/mol. The minimum atomic E-state index is 0.584. The Morgan fingerprint density at radius 3 is 3.00 bits per heavy atom. The normalized spacial score (nSPS) is 13.2. The van der Waals surface area contributed by atoms with E-state index in [1.54, 1.807) is 18.4 Å². The van der Waals surface area contributed by atoms with Crippen molar-refractivity contribution >= 4 is 11.3 Å². The Kier molecular flexibility index (Phi) is 3.69. The fourth-order valence-corrected chi connectivity index (χ4v) is 1.88. The maximum Gasteiger partial charge on any atom is 0.0957 e. The summed E-state index contributed by atoms with van der Waals surface area (Å²) < 4.78 is 5.00. The molecule has 12 heavy (non-hydrogen) atoms. The van der Waals surface area contributed by atoms with Crippen LogP contribution in [0, 0.1) is 0 Å². The molecule has 0 aliphatic rings. The molecule has 0 N–H and O–H groups in total. The first-order valence-electron chi connectivity index (χ1n) is 4.21. The van der Waals surface area contributed by atoms with Crippen LogP contribution in [-0.4, -0.2) is 12.1 Å². The molecule has 0 saturated carbocycles. The van der Waals surface area contributed by atoms with Gasteiger partial charge in [-0.15, -0.1) is 11.3 Å². The van der Waals surface area contributed by atoms with Crippen LogP contribution >= 0.6 is 11.3 Å². The molecular formula is C9H15NOS. The molecule has 0 amide bonds. The van der Waals surface area contributed by atoms with E-state index in [-0.39, 0.29) is 0 Å². The van der Waals surface area contributed by atoms with Gasteiger partial charge in [-0.05, 0) is 6.42 Å². The van der Waals surface area contributed by atoms with E-state index in [2.05, 4.69) is 24.2 Å². The second kappa shape index (κ2) is 4.58. The highest BCUT2D eigenvalue weighted by Gasteiger charge is 2.07. The average molecular weight is 185 g/mol. The molecule has 0 aromatic carbocycles. The van der Waals surface area contributed by atoms with Crippen LogP contribution in [0.4, 0.5) is 0 Å². The number of rotatable bonds is 4. The third kappa shape index (κ3) is 2.29. The summed E-state index contributed by atoms with van der Waals surface area (Å²) in [6.45, 7) is 5.02. The van der Waals surface area contributed by atoms with Crippen molar-refractivity contribution in [2.75, 3.05) is 7.11 Å². The van der Waals surface area contributed by atoms with Gasteiger partial charge in [-0.3, -0.25) is 0 Å². The van der Waals surface area contributed by atoms with E-state index >= 15 is 0 Å². The van der Waals surface area contributed by atoms with E-state index in [1.165, 1.54) is 5.01 Å². The topological polar surface area (TPSA) is 22.1 Å². The van der Waals surface area contributed by atoms with Crippen molar-refractivity contribution in [3.8, 4) is 0 Å². The van der Waals surface area contributed by atoms with E-state index < -0.39 is 0 Å². The summed E-state index contributed by atoms with van der Waals surface area (Å²) in [5.74, 6) is 0.584. The van der Waals surface area contributed by atoms with E-state index in [9.17, 15) is 0 Å². The number of hydrogen-bond acceptors (Lipinski definition) is 3. The van der Waals surface area contributed by atoms with Gasteiger partial charge in [0.2, 0.25) is 0 Å². The van der Waals surface area contributed by atoms with Gasteiger partial charge >= 0.3 is 0 Å². The highest BCUT2D eigenvalue weighted by molar-refractivity contribution is 7.09. The van der Waals surface area contributed by atoms with Crippen LogP contribution < -0.4 is 0 Å². The number of hydrogen-bond donors (Lipinski definition) is 0. The first-order valence-corrected chi connectivity index (χ1v) is 5.09. The van der Waals surface area contributed by atoms with Gasteiger partial charge in [0.1, 0.15) is 0 Å². The predicted molar refractivity (Wildman–Crippen MR) is 51.5 cm³/mol. The van der Waals surface area contributed by atoms with Crippen LogP contribution in [0.2, 0.25) is 0 Å². The summed E-state index contributed by atoms with van der Waals surface area (Å²) in [5.41, 5.74) is 1.05. The van der Waals surface area contributed by atoms with Crippen molar-refractivity contribution in [2.24, 2.45) is 0 Å².